The summed E-state index contributed by atoms with van der Waals surface area (Å²) in [4.78, 5) is 3.78. The third-order valence-corrected chi connectivity index (χ3v) is 2.48. The zero-order chi connectivity index (χ0) is 14.6. The van der Waals surface area contributed by atoms with E-state index in [9.17, 15) is 13.2 Å². The molecule has 0 bridgehead atoms. The third-order valence-electron chi connectivity index (χ3n) is 2.21. The van der Waals surface area contributed by atoms with E-state index in [4.69, 9.17) is 26.8 Å². The Morgan fingerprint density at radius 2 is 1.84 bits per heavy atom. The van der Waals surface area contributed by atoms with E-state index in [1.54, 1.807) is 0 Å². The number of halogens is 4. The van der Waals surface area contributed by atoms with Gasteiger partial charge in [0.2, 0.25) is 0 Å². The Bertz CT molecular complexity index is 490. The number of benzene rings is 1. The highest BCUT2D eigenvalue weighted by molar-refractivity contribution is 6.28. The van der Waals surface area contributed by atoms with Crippen molar-refractivity contribution in [2.24, 2.45) is 10.7 Å². The van der Waals surface area contributed by atoms with Crippen molar-refractivity contribution < 1.29 is 22.6 Å². The first kappa shape index (κ1) is 15.4. The minimum Gasteiger partial charge on any atom is -0.496 e. The maximum absolute atomic E-state index is 12.8. The summed E-state index contributed by atoms with van der Waals surface area (Å²) in [6.07, 6.45) is -4.57. The molecule has 0 fully saturated rings. The normalized spacial score (nSPS) is 12.4. The Morgan fingerprint density at radius 1 is 1.26 bits per heavy atom. The number of hydrogen-bond donors (Lipinski definition) is 1. The van der Waals surface area contributed by atoms with Crippen LogP contribution in [-0.2, 0) is 6.18 Å². The monoisotopic (exact) mass is 296 g/mol. The molecule has 1 rings (SSSR count). The van der Waals surface area contributed by atoms with Crippen molar-refractivity contribution in [2.45, 2.75) is 6.18 Å². The molecule has 0 saturated heterocycles. The van der Waals surface area contributed by atoms with Gasteiger partial charge in [-0.15, -0.1) is 11.6 Å². The molecular formula is C11H12ClF3N2O2. The van der Waals surface area contributed by atoms with Crippen molar-refractivity contribution in [1.82, 2.24) is 0 Å². The quantitative estimate of drug-likeness (QED) is 0.528. The molecule has 8 heteroatoms. The summed E-state index contributed by atoms with van der Waals surface area (Å²) in [5, 5.41) is 0. The second kappa shape index (κ2) is 6.01. The molecule has 0 saturated carbocycles. The molecule has 0 aliphatic rings. The van der Waals surface area contributed by atoms with Gasteiger partial charge < -0.3 is 15.2 Å². The van der Waals surface area contributed by atoms with Crippen LogP contribution in [0.5, 0.6) is 11.5 Å². The first-order valence-corrected chi connectivity index (χ1v) is 5.59. The van der Waals surface area contributed by atoms with Crippen molar-refractivity contribution in [3.05, 3.63) is 17.7 Å². The number of aliphatic imine (C=N–C) groups is 1. The van der Waals surface area contributed by atoms with Crippen molar-refractivity contribution in [1.29, 1.82) is 0 Å². The van der Waals surface area contributed by atoms with Crippen LogP contribution in [0, 0.1) is 0 Å². The van der Waals surface area contributed by atoms with Crippen LogP contribution >= 0.6 is 11.6 Å². The Labute approximate surface area is 113 Å². The van der Waals surface area contributed by atoms with Crippen LogP contribution in [0.25, 0.3) is 0 Å². The van der Waals surface area contributed by atoms with Gasteiger partial charge in [-0.3, -0.25) is 0 Å². The molecule has 106 valence electrons. The van der Waals surface area contributed by atoms with Gasteiger partial charge >= 0.3 is 6.18 Å². The number of hydrogen-bond acceptors (Lipinski definition) is 3. The highest BCUT2D eigenvalue weighted by Crippen LogP contribution is 2.42. The molecule has 0 spiro atoms. The van der Waals surface area contributed by atoms with Crippen LogP contribution in [0.1, 0.15) is 5.56 Å². The molecule has 2 N–H and O–H groups in total. The van der Waals surface area contributed by atoms with E-state index in [1.807, 2.05) is 0 Å². The average Bonchev–Trinajstić information content (AvgIpc) is 2.36. The van der Waals surface area contributed by atoms with E-state index in [1.165, 1.54) is 7.11 Å². The number of methoxy groups -OCH3 is 2. The number of nitrogens with zero attached hydrogens (tertiary/aromatic N) is 1. The van der Waals surface area contributed by atoms with Crippen LogP contribution in [0.3, 0.4) is 0 Å². The molecule has 0 aliphatic heterocycles. The molecule has 0 heterocycles. The second-order valence-corrected chi connectivity index (χ2v) is 3.73. The molecule has 4 nitrogen and oxygen atoms in total. The van der Waals surface area contributed by atoms with Gasteiger partial charge in [-0.05, 0) is 6.07 Å². The molecule has 0 radical (unpaired) electrons. The van der Waals surface area contributed by atoms with Gasteiger partial charge in [-0.1, -0.05) is 0 Å². The lowest BCUT2D eigenvalue weighted by atomic mass is 10.1. The predicted molar refractivity (Wildman–Crippen MR) is 66.6 cm³/mol. The van der Waals surface area contributed by atoms with Crippen LogP contribution in [0.4, 0.5) is 18.9 Å². The zero-order valence-corrected chi connectivity index (χ0v) is 11.0. The minimum absolute atomic E-state index is 0.0155. The summed E-state index contributed by atoms with van der Waals surface area (Å²) < 4.78 is 48.2. The minimum atomic E-state index is -4.57. The van der Waals surface area contributed by atoms with Gasteiger partial charge in [0.15, 0.2) is 0 Å². The van der Waals surface area contributed by atoms with Gasteiger partial charge in [-0.2, -0.15) is 13.2 Å². The van der Waals surface area contributed by atoms with E-state index in [0.29, 0.717) is 0 Å². The number of rotatable bonds is 4. The lowest BCUT2D eigenvalue weighted by molar-refractivity contribution is -0.138. The van der Waals surface area contributed by atoms with Crippen molar-refractivity contribution in [2.75, 3.05) is 20.1 Å². The van der Waals surface area contributed by atoms with Gasteiger partial charge in [0.05, 0.1) is 25.7 Å². The number of amidine groups is 1. The van der Waals surface area contributed by atoms with E-state index in [-0.39, 0.29) is 28.9 Å². The predicted octanol–water partition coefficient (Wildman–Crippen LogP) is 2.95. The Balaban J connectivity index is 3.46. The standard InChI is InChI=1S/C11H12ClF3N2O2/c1-18-8-4-9(19-2)7(17-10(16)5-12)3-6(8)11(13,14)15/h3-4H,5H2,1-2H3,(H2,16,17). The fraction of sp³-hybridized carbons (Fsp3) is 0.364. The summed E-state index contributed by atoms with van der Waals surface area (Å²) in [5.74, 6) is -0.361. The maximum atomic E-state index is 12.8. The van der Waals surface area contributed by atoms with E-state index in [0.717, 1.165) is 19.2 Å². The Kier molecular flexibility index (Phi) is 4.88. The summed E-state index contributed by atoms with van der Waals surface area (Å²) >= 11 is 5.44. The Hall–Kier alpha value is -1.63. The molecule has 0 atom stereocenters. The van der Waals surface area contributed by atoms with Gasteiger partial charge in [0, 0.05) is 6.07 Å². The molecule has 1 aromatic rings. The maximum Gasteiger partial charge on any atom is 0.420 e. The molecule has 19 heavy (non-hydrogen) atoms. The first-order valence-electron chi connectivity index (χ1n) is 5.05. The van der Waals surface area contributed by atoms with Crippen molar-refractivity contribution in [3.63, 3.8) is 0 Å². The summed E-state index contributed by atoms with van der Waals surface area (Å²) in [5.41, 5.74) is 4.39. The lowest BCUT2D eigenvalue weighted by Gasteiger charge is -2.15. The van der Waals surface area contributed by atoms with Gasteiger partial charge in [0.1, 0.15) is 23.0 Å². The fourth-order valence-electron chi connectivity index (χ4n) is 1.38. The highest BCUT2D eigenvalue weighted by Gasteiger charge is 2.35. The number of alkyl halides is 4. The Morgan fingerprint density at radius 3 is 2.26 bits per heavy atom. The number of ether oxygens (including phenoxy) is 2. The zero-order valence-electron chi connectivity index (χ0n) is 10.2. The van der Waals surface area contributed by atoms with Crippen LogP contribution in [0.15, 0.2) is 17.1 Å². The second-order valence-electron chi connectivity index (χ2n) is 3.46. The highest BCUT2D eigenvalue weighted by atomic mass is 35.5. The SMILES string of the molecule is COc1cc(OC)c(C(F)(F)F)cc1N=C(N)CCl. The van der Waals surface area contributed by atoms with E-state index in [2.05, 4.69) is 4.99 Å². The van der Waals surface area contributed by atoms with Crippen LogP contribution in [-0.4, -0.2) is 25.9 Å². The number of nitrogens with two attached hydrogens (primary N) is 1. The largest absolute Gasteiger partial charge is 0.496 e. The van der Waals surface area contributed by atoms with Crippen LogP contribution < -0.4 is 15.2 Å². The van der Waals surface area contributed by atoms with Crippen LogP contribution in [0.2, 0.25) is 0 Å². The fourth-order valence-corrected chi connectivity index (χ4v) is 1.44. The molecule has 0 aromatic heterocycles. The summed E-state index contributed by atoms with van der Waals surface area (Å²) in [6, 6.07) is 1.90. The molecule has 0 amide bonds. The summed E-state index contributed by atoms with van der Waals surface area (Å²) in [6.45, 7) is 0. The lowest BCUT2D eigenvalue weighted by Crippen LogP contribution is -2.13. The molecule has 0 aliphatic carbocycles. The molecular weight excluding hydrogens is 285 g/mol. The topological polar surface area (TPSA) is 56.8 Å². The van der Waals surface area contributed by atoms with E-state index >= 15 is 0 Å². The van der Waals surface area contributed by atoms with Gasteiger partial charge in [-0.25, -0.2) is 4.99 Å². The van der Waals surface area contributed by atoms with E-state index < -0.39 is 11.7 Å². The average molecular weight is 297 g/mol. The van der Waals surface area contributed by atoms with Crippen molar-refractivity contribution >= 4 is 23.1 Å². The van der Waals surface area contributed by atoms with Crippen molar-refractivity contribution in [3.8, 4) is 11.5 Å². The molecule has 0 unspecified atom stereocenters. The van der Waals surface area contributed by atoms with Gasteiger partial charge in [0.25, 0.3) is 0 Å². The third kappa shape index (κ3) is 3.66. The molecule has 1 aromatic carbocycles. The first-order chi connectivity index (χ1) is 8.83. The smallest absolute Gasteiger partial charge is 0.420 e. The summed E-state index contributed by atoms with van der Waals surface area (Å²) in [7, 11) is 2.44.